The summed E-state index contributed by atoms with van der Waals surface area (Å²) >= 11 is 0. The summed E-state index contributed by atoms with van der Waals surface area (Å²) in [6, 6.07) is 0. The molecule has 0 aromatic heterocycles. The number of ether oxygens (including phenoxy) is 1. The Bertz CT molecular complexity index is 126. The number of halogens is 3. The minimum atomic E-state index is -4.45. The molecule has 0 bridgehead atoms. The molecule has 0 aromatic carbocycles. The molecule has 0 aromatic rings. The SMILES string of the molecule is CCCCOC(F)(F)F.CCCN(C)C. The Hall–Kier alpha value is -0.290. The van der Waals surface area contributed by atoms with E-state index in [4.69, 9.17) is 0 Å². The third-order valence-corrected chi connectivity index (χ3v) is 1.43. The lowest BCUT2D eigenvalue weighted by Crippen LogP contribution is -2.13. The van der Waals surface area contributed by atoms with Gasteiger partial charge in [-0.05, 0) is 33.5 Å². The molecule has 0 saturated carbocycles. The molecule has 0 atom stereocenters. The molecule has 15 heavy (non-hydrogen) atoms. The van der Waals surface area contributed by atoms with Crippen molar-refractivity contribution in [2.45, 2.75) is 39.5 Å². The first kappa shape index (κ1) is 17.1. The van der Waals surface area contributed by atoms with E-state index in [2.05, 4.69) is 30.7 Å². The van der Waals surface area contributed by atoms with Crippen molar-refractivity contribution < 1.29 is 17.9 Å². The fourth-order valence-corrected chi connectivity index (χ4v) is 0.779. The molecule has 0 aliphatic carbocycles. The van der Waals surface area contributed by atoms with Gasteiger partial charge in [0.15, 0.2) is 0 Å². The monoisotopic (exact) mass is 229 g/mol. The van der Waals surface area contributed by atoms with E-state index in [9.17, 15) is 13.2 Å². The van der Waals surface area contributed by atoms with Gasteiger partial charge in [-0.15, -0.1) is 13.2 Å². The van der Waals surface area contributed by atoms with E-state index in [1.807, 2.05) is 0 Å². The summed E-state index contributed by atoms with van der Waals surface area (Å²) in [6.45, 7) is 4.97. The molecule has 0 aliphatic heterocycles. The highest BCUT2D eigenvalue weighted by Crippen LogP contribution is 2.16. The molecule has 0 unspecified atom stereocenters. The molecule has 0 amide bonds. The van der Waals surface area contributed by atoms with Gasteiger partial charge < -0.3 is 4.90 Å². The quantitative estimate of drug-likeness (QED) is 0.671. The molecular formula is C10H22F3NO. The fraction of sp³-hybridized carbons (Fsp3) is 1.00. The fourth-order valence-electron chi connectivity index (χ4n) is 0.779. The van der Waals surface area contributed by atoms with E-state index in [1.54, 1.807) is 6.92 Å². The van der Waals surface area contributed by atoms with Crippen LogP contribution in [-0.4, -0.2) is 38.5 Å². The number of hydrogen-bond acceptors (Lipinski definition) is 2. The lowest BCUT2D eigenvalue weighted by atomic mass is 10.4. The van der Waals surface area contributed by atoms with Gasteiger partial charge in [0.2, 0.25) is 0 Å². The molecule has 0 saturated heterocycles. The van der Waals surface area contributed by atoms with Crippen LogP contribution >= 0.6 is 0 Å². The van der Waals surface area contributed by atoms with Gasteiger partial charge in [-0.3, -0.25) is 4.74 Å². The van der Waals surface area contributed by atoms with Crippen LogP contribution in [0.5, 0.6) is 0 Å². The first-order chi connectivity index (χ1) is 6.83. The average molecular weight is 229 g/mol. The van der Waals surface area contributed by atoms with Crippen LogP contribution < -0.4 is 0 Å². The first-order valence-corrected chi connectivity index (χ1v) is 5.18. The Morgan fingerprint density at radius 2 is 1.60 bits per heavy atom. The number of unbranched alkanes of at least 4 members (excludes halogenated alkanes) is 1. The molecular weight excluding hydrogens is 207 g/mol. The van der Waals surface area contributed by atoms with Gasteiger partial charge in [-0.25, -0.2) is 0 Å². The highest BCUT2D eigenvalue weighted by molar-refractivity contribution is 4.34. The predicted molar refractivity (Wildman–Crippen MR) is 55.8 cm³/mol. The summed E-state index contributed by atoms with van der Waals surface area (Å²) in [4.78, 5) is 2.18. The van der Waals surface area contributed by atoms with E-state index in [-0.39, 0.29) is 6.61 Å². The molecule has 94 valence electrons. The number of hydrogen-bond donors (Lipinski definition) is 0. The zero-order chi connectivity index (χ0) is 12.3. The second-order valence-electron chi connectivity index (χ2n) is 3.45. The van der Waals surface area contributed by atoms with Crippen LogP contribution in [0.1, 0.15) is 33.1 Å². The van der Waals surface area contributed by atoms with E-state index < -0.39 is 6.36 Å². The van der Waals surface area contributed by atoms with Crippen LogP contribution in [0, 0.1) is 0 Å². The second kappa shape index (κ2) is 10.2. The second-order valence-corrected chi connectivity index (χ2v) is 3.45. The third-order valence-electron chi connectivity index (χ3n) is 1.43. The lowest BCUT2D eigenvalue weighted by molar-refractivity contribution is -0.324. The molecule has 0 radical (unpaired) electrons. The van der Waals surface area contributed by atoms with Crippen molar-refractivity contribution in [3.05, 3.63) is 0 Å². The molecule has 0 fully saturated rings. The highest BCUT2D eigenvalue weighted by atomic mass is 19.4. The molecule has 5 heteroatoms. The summed E-state index contributed by atoms with van der Waals surface area (Å²) < 4.78 is 36.9. The summed E-state index contributed by atoms with van der Waals surface area (Å²) in [6.07, 6.45) is -2.02. The standard InChI is InChI=1S/C5H9F3O.C5H13N/c1-2-3-4-9-5(6,7)8;1-4-5-6(2)3/h2-4H2,1H3;4-5H2,1-3H3. The highest BCUT2D eigenvalue weighted by Gasteiger charge is 2.28. The van der Waals surface area contributed by atoms with Crippen molar-refractivity contribution >= 4 is 0 Å². The van der Waals surface area contributed by atoms with Crippen molar-refractivity contribution in [3.8, 4) is 0 Å². The van der Waals surface area contributed by atoms with Crippen LogP contribution in [0.3, 0.4) is 0 Å². The molecule has 2 nitrogen and oxygen atoms in total. The van der Waals surface area contributed by atoms with Crippen LogP contribution in [0.4, 0.5) is 13.2 Å². The van der Waals surface area contributed by atoms with E-state index in [0.29, 0.717) is 6.42 Å². The lowest BCUT2D eigenvalue weighted by Gasteiger charge is -2.04. The zero-order valence-corrected chi connectivity index (χ0v) is 10.0. The molecule has 0 spiro atoms. The number of rotatable bonds is 5. The van der Waals surface area contributed by atoms with E-state index in [0.717, 1.165) is 6.42 Å². The first-order valence-electron chi connectivity index (χ1n) is 5.18. The molecule has 0 N–H and O–H groups in total. The average Bonchev–Trinajstić information content (AvgIpc) is 2.03. The maximum Gasteiger partial charge on any atom is 0.522 e. The Balaban J connectivity index is 0. The minimum absolute atomic E-state index is 0.222. The Labute approximate surface area is 90.4 Å². The normalized spacial score (nSPS) is 11.2. The van der Waals surface area contributed by atoms with Crippen LogP contribution in [0.15, 0.2) is 0 Å². The smallest absolute Gasteiger partial charge is 0.309 e. The van der Waals surface area contributed by atoms with Gasteiger partial charge >= 0.3 is 6.36 Å². The number of alkyl halides is 3. The van der Waals surface area contributed by atoms with Gasteiger partial charge in [0.25, 0.3) is 0 Å². The Morgan fingerprint density at radius 3 is 1.80 bits per heavy atom. The van der Waals surface area contributed by atoms with Gasteiger partial charge in [0, 0.05) is 0 Å². The van der Waals surface area contributed by atoms with Crippen molar-refractivity contribution in [1.82, 2.24) is 4.90 Å². The maximum atomic E-state index is 11.2. The summed E-state index contributed by atoms with van der Waals surface area (Å²) in [5.41, 5.74) is 0. The molecule has 0 rings (SSSR count). The Morgan fingerprint density at radius 1 is 1.07 bits per heavy atom. The van der Waals surface area contributed by atoms with Crippen LogP contribution in [0.2, 0.25) is 0 Å². The minimum Gasteiger partial charge on any atom is -0.309 e. The van der Waals surface area contributed by atoms with Gasteiger partial charge in [0.1, 0.15) is 0 Å². The van der Waals surface area contributed by atoms with Crippen LogP contribution in [0.25, 0.3) is 0 Å². The predicted octanol–water partition coefficient (Wildman–Crippen LogP) is 3.28. The molecule has 0 heterocycles. The topological polar surface area (TPSA) is 12.5 Å². The van der Waals surface area contributed by atoms with Gasteiger partial charge in [0.05, 0.1) is 6.61 Å². The van der Waals surface area contributed by atoms with E-state index in [1.165, 1.54) is 13.0 Å². The summed E-state index contributed by atoms with van der Waals surface area (Å²) in [7, 11) is 4.17. The summed E-state index contributed by atoms with van der Waals surface area (Å²) in [5, 5.41) is 0. The third kappa shape index (κ3) is 24.8. The van der Waals surface area contributed by atoms with Crippen molar-refractivity contribution in [1.29, 1.82) is 0 Å². The van der Waals surface area contributed by atoms with Crippen molar-refractivity contribution in [3.63, 3.8) is 0 Å². The summed E-state index contributed by atoms with van der Waals surface area (Å²) in [5.74, 6) is 0. The zero-order valence-electron chi connectivity index (χ0n) is 10.0. The van der Waals surface area contributed by atoms with Crippen LogP contribution in [-0.2, 0) is 4.74 Å². The van der Waals surface area contributed by atoms with Crippen molar-refractivity contribution in [2.24, 2.45) is 0 Å². The largest absolute Gasteiger partial charge is 0.522 e. The number of nitrogens with zero attached hydrogens (tertiary/aromatic N) is 1. The maximum absolute atomic E-state index is 11.2. The molecule has 0 aliphatic rings. The van der Waals surface area contributed by atoms with Gasteiger partial charge in [-0.1, -0.05) is 20.3 Å². The van der Waals surface area contributed by atoms with Gasteiger partial charge in [-0.2, -0.15) is 0 Å². The van der Waals surface area contributed by atoms with Crippen molar-refractivity contribution in [2.75, 3.05) is 27.2 Å². The Kier molecular flexibility index (Phi) is 11.7. The van der Waals surface area contributed by atoms with E-state index >= 15 is 0 Å².